The van der Waals surface area contributed by atoms with Crippen molar-refractivity contribution >= 4 is 34.8 Å². The first-order chi connectivity index (χ1) is 19.3. The van der Waals surface area contributed by atoms with Crippen molar-refractivity contribution in [2.24, 2.45) is 10.9 Å². The maximum absolute atomic E-state index is 15.6. The number of carbonyl (C=O) groups excluding carboxylic acids is 1. The van der Waals surface area contributed by atoms with Crippen LogP contribution in [0.15, 0.2) is 23.5 Å². The van der Waals surface area contributed by atoms with E-state index in [0.29, 0.717) is 41.6 Å². The number of anilines is 3. The Balaban J connectivity index is 1.30. The number of amides is 1. The van der Waals surface area contributed by atoms with Crippen molar-refractivity contribution in [2.45, 2.75) is 57.5 Å². The number of nitrogen functional groups attached to an aromatic ring is 1. The summed E-state index contributed by atoms with van der Waals surface area (Å²) in [5.74, 6) is -2.00. The molecule has 0 unspecified atom stereocenters. The van der Waals surface area contributed by atoms with Crippen LogP contribution < -0.4 is 26.0 Å². The summed E-state index contributed by atoms with van der Waals surface area (Å²) < 4.78 is 38.4. The number of aromatic nitrogens is 2. The molecule has 2 aliphatic carbocycles. The van der Waals surface area contributed by atoms with Crippen LogP contribution in [0.4, 0.5) is 25.8 Å². The maximum atomic E-state index is 15.6. The lowest BCUT2D eigenvalue weighted by Crippen LogP contribution is -2.43. The van der Waals surface area contributed by atoms with Gasteiger partial charge in [0.05, 0.1) is 29.2 Å². The van der Waals surface area contributed by atoms with Gasteiger partial charge in [0.25, 0.3) is 5.91 Å². The summed E-state index contributed by atoms with van der Waals surface area (Å²) in [5, 5.41) is 6.32. The van der Waals surface area contributed by atoms with E-state index in [1.807, 2.05) is 0 Å². The van der Waals surface area contributed by atoms with Gasteiger partial charge in [-0.05, 0) is 57.4 Å². The van der Waals surface area contributed by atoms with Crippen molar-refractivity contribution in [1.82, 2.24) is 14.7 Å². The van der Waals surface area contributed by atoms with Gasteiger partial charge in [0, 0.05) is 56.4 Å². The van der Waals surface area contributed by atoms with E-state index >= 15 is 8.78 Å². The highest BCUT2D eigenvalue weighted by atomic mass is 19.1. The van der Waals surface area contributed by atoms with Gasteiger partial charge >= 0.3 is 0 Å². The zero-order chi connectivity index (χ0) is 28.0. The molecule has 2 aromatic heterocycles. The Morgan fingerprint density at radius 3 is 2.58 bits per heavy atom. The van der Waals surface area contributed by atoms with Crippen molar-refractivity contribution in [3.05, 3.63) is 46.9 Å². The van der Waals surface area contributed by atoms with Crippen molar-refractivity contribution in [3.8, 4) is 5.75 Å². The average molecular weight is 552 g/mol. The Bertz CT molecular complexity index is 1470. The fraction of sp³-hybridized carbons (Fsp3) is 0.483. The van der Waals surface area contributed by atoms with Crippen molar-refractivity contribution in [3.63, 3.8) is 0 Å². The van der Waals surface area contributed by atoms with Gasteiger partial charge in [0.2, 0.25) is 5.82 Å². The molecule has 212 valence electrons. The maximum Gasteiger partial charge on any atom is 0.260 e. The van der Waals surface area contributed by atoms with Crippen molar-refractivity contribution < 1.29 is 18.3 Å². The zero-order valence-electron chi connectivity index (χ0n) is 22.8. The Kier molecular flexibility index (Phi) is 7.07. The minimum absolute atomic E-state index is 0.0168. The molecule has 1 aliphatic heterocycles. The van der Waals surface area contributed by atoms with Crippen LogP contribution in [-0.2, 0) is 0 Å². The molecule has 0 radical (unpaired) electrons. The quantitative estimate of drug-likeness (QED) is 0.270. The Morgan fingerprint density at radius 1 is 1.18 bits per heavy atom. The predicted octanol–water partition coefficient (Wildman–Crippen LogP) is 4.31. The minimum Gasteiger partial charge on any atom is -0.488 e. The topological polar surface area (TPSA) is 109 Å². The molecule has 6 rings (SSSR count). The van der Waals surface area contributed by atoms with E-state index in [4.69, 9.17) is 10.5 Å². The second-order valence-electron chi connectivity index (χ2n) is 11.2. The molecule has 4 N–H and O–H groups in total. The number of carbonyl (C=O) groups is 1. The largest absolute Gasteiger partial charge is 0.488 e. The van der Waals surface area contributed by atoms with Gasteiger partial charge in [-0.3, -0.25) is 9.79 Å². The van der Waals surface area contributed by atoms with Gasteiger partial charge in [-0.15, -0.1) is 0 Å². The fourth-order valence-electron chi connectivity index (χ4n) is 5.39. The Hall–Kier alpha value is -3.73. The third-order valence-electron chi connectivity index (χ3n) is 7.88. The molecule has 3 aromatic rings. The van der Waals surface area contributed by atoms with E-state index in [1.165, 1.54) is 29.5 Å². The second kappa shape index (κ2) is 10.7. The fourth-order valence-corrected chi connectivity index (χ4v) is 5.39. The lowest BCUT2D eigenvalue weighted by atomic mass is 9.99. The molecular weight excluding hydrogens is 516 g/mol. The molecule has 0 bridgehead atoms. The molecule has 40 heavy (non-hydrogen) atoms. The predicted molar refractivity (Wildman–Crippen MR) is 152 cm³/mol. The van der Waals surface area contributed by atoms with Gasteiger partial charge in [0.15, 0.2) is 11.4 Å². The number of hydrogen-bond acceptors (Lipinski definition) is 7. The van der Waals surface area contributed by atoms with E-state index in [-0.39, 0.29) is 28.3 Å². The summed E-state index contributed by atoms with van der Waals surface area (Å²) in [5.41, 5.74) is 7.98. The van der Waals surface area contributed by atoms with Crippen LogP contribution in [0.2, 0.25) is 0 Å². The van der Waals surface area contributed by atoms with E-state index in [1.54, 1.807) is 26.4 Å². The van der Waals surface area contributed by atoms with E-state index < -0.39 is 17.5 Å². The molecule has 1 saturated heterocycles. The lowest BCUT2D eigenvalue weighted by molar-refractivity contribution is 0.102. The summed E-state index contributed by atoms with van der Waals surface area (Å²) >= 11 is 0. The monoisotopic (exact) mass is 551 g/mol. The highest BCUT2D eigenvalue weighted by Crippen LogP contribution is 2.37. The number of rotatable bonds is 9. The Morgan fingerprint density at radius 2 is 1.90 bits per heavy atom. The van der Waals surface area contributed by atoms with Crippen molar-refractivity contribution in [2.75, 3.05) is 42.7 Å². The molecule has 1 amide bonds. The number of aryl methyl sites for hydroxylation is 1. The molecule has 3 heterocycles. The van der Waals surface area contributed by atoms with Gasteiger partial charge in [-0.25, -0.2) is 9.37 Å². The molecule has 0 spiro atoms. The number of imidazole rings is 1. The molecule has 11 heteroatoms. The molecule has 3 fully saturated rings. The Labute approximate surface area is 231 Å². The van der Waals surface area contributed by atoms with Crippen LogP contribution >= 0.6 is 0 Å². The van der Waals surface area contributed by atoms with Gasteiger partial charge < -0.3 is 30.4 Å². The SMILES string of the molecule is CN=Cc1c(N2CCC(NC3CC3)CC2)cc(F)c(C(=O)Nc2cn3cc(C)nc3c(F)c2OCC2CC2)c1N. The standard InChI is InChI=1S/C29H35F2N7O2/c1-16-13-38-14-22(27(25(31)28(38)34-16)40-15-17-3-4-17)36-29(39)24-21(30)11-23(20(12-33-2)26(24)32)37-9-7-19(8-10-37)35-18-5-6-18/h11-14,17-19,35H,3-10,15,32H2,1-2H3,(H,36,39). The first kappa shape index (κ1) is 26.5. The summed E-state index contributed by atoms with van der Waals surface area (Å²) in [6, 6.07) is 2.44. The van der Waals surface area contributed by atoms with Gasteiger partial charge in [-0.1, -0.05) is 0 Å². The molecule has 0 atom stereocenters. The molecule has 1 aromatic carbocycles. The van der Waals surface area contributed by atoms with Crippen molar-refractivity contribution in [1.29, 1.82) is 0 Å². The van der Waals surface area contributed by atoms with Gasteiger partial charge in [-0.2, -0.15) is 4.39 Å². The number of ether oxygens (including phenoxy) is 1. The summed E-state index contributed by atoms with van der Waals surface area (Å²) in [4.78, 5) is 24.0. The summed E-state index contributed by atoms with van der Waals surface area (Å²) in [6.45, 7) is 3.55. The van der Waals surface area contributed by atoms with Crippen LogP contribution in [0, 0.1) is 24.5 Å². The first-order valence-electron chi connectivity index (χ1n) is 14.0. The second-order valence-corrected chi connectivity index (χ2v) is 11.2. The number of piperidine rings is 1. The average Bonchev–Trinajstić information content (AvgIpc) is 3.86. The van der Waals surface area contributed by atoms with Crippen LogP contribution in [0.5, 0.6) is 5.75 Å². The number of hydrogen-bond donors (Lipinski definition) is 3. The number of nitrogens with two attached hydrogens (primary N) is 1. The molecule has 3 aliphatic rings. The number of nitrogens with zero attached hydrogens (tertiary/aromatic N) is 4. The van der Waals surface area contributed by atoms with Crippen LogP contribution in [-0.4, -0.2) is 60.3 Å². The number of aliphatic imine (C=N–C) groups is 1. The van der Waals surface area contributed by atoms with E-state index in [9.17, 15) is 4.79 Å². The van der Waals surface area contributed by atoms with E-state index in [2.05, 4.69) is 25.5 Å². The number of halogens is 2. The zero-order valence-corrected chi connectivity index (χ0v) is 22.8. The normalized spacial score (nSPS) is 18.1. The summed E-state index contributed by atoms with van der Waals surface area (Å²) in [6.07, 6.45) is 11.1. The van der Waals surface area contributed by atoms with Crippen LogP contribution in [0.25, 0.3) is 5.65 Å². The highest BCUT2D eigenvalue weighted by Gasteiger charge is 2.30. The minimum atomic E-state index is -0.800. The number of fused-ring (bicyclic) bond motifs is 1. The molecular formula is C29H35F2N7O2. The number of benzene rings is 1. The first-order valence-corrected chi connectivity index (χ1v) is 14.0. The van der Waals surface area contributed by atoms with E-state index in [0.717, 1.165) is 38.8 Å². The molecule has 2 saturated carbocycles. The molecule has 9 nitrogen and oxygen atoms in total. The lowest BCUT2D eigenvalue weighted by Gasteiger charge is -2.35. The highest BCUT2D eigenvalue weighted by molar-refractivity contribution is 6.12. The smallest absolute Gasteiger partial charge is 0.260 e. The third-order valence-corrected chi connectivity index (χ3v) is 7.88. The number of nitrogens with one attached hydrogen (secondary N) is 2. The summed E-state index contributed by atoms with van der Waals surface area (Å²) in [7, 11) is 1.60. The number of pyridine rings is 1. The van der Waals surface area contributed by atoms with Gasteiger partial charge in [0.1, 0.15) is 11.5 Å². The van der Waals surface area contributed by atoms with Crippen LogP contribution in [0.3, 0.4) is 0 Å². The van der Waals surface area contributed by atoms with Crippen LogP contribution in [0.1, 0.15) is 60.1 Å². The third kappa shape index (κ3) is 5.34.